The smallest absolute Gasteiger partial charge is 0.182 e. The minimum atomic E-state index is 0.450. The Kier molecular flexibility index (Phi) is 5.19. The number of aromatic amines is 1. The molecule has 7 nitrogen and oxygen atoms in total. The van der Waals surface area contributed by atoms with Gasteiger partial charge in [0.25, 0.3) is 0 Å². The largest absolute Gasteiger partial charge is 0.365 e. The topological polar surface area (TPSA) is 81.8 Å². The summed E-state index contributed by atoms with van der Waals surface area (Å²) in [7, 11) is 0. The summed E-state index contributed by atoms with van der Waals surface area (Å²) in [6, 6.07) is 12.6. The van der Waals surface area contributed by atoms with Crippen molar-refractivity contribution in [3.63, 3.8) is 0 Å². The highest BCUT2D eigenvalue weighted by atomic mass is 15.2. The van der Waals surface area contributed by atoms with Gasteiger partial charge in [-0.05, 0) is 41.6 Å². The summed E-state index contributed by atoms with van der Waals surface area (Å²) >= 11 is 0. The number of aromatic nitrogens is 4. The zero-order valence-corrected chi connectivity index (χ0v) is 18.2. The van der Waals surface area contributed by atoms with Crippen LogP contribution < -0.4 is 15.5 Å². The van der Waals surface area contributed by atoms with Crippen LogP contribution in [0.15, 0.2) is 48.8 Å². The molecule has 0 aliphatic carbocycles. The molecule has 4 aromatic rings. The fourth-order valence-corrected chi connectivity index (χ4v) is 4.44. The second-order valence-electron chi connectivity index (χ2n) is 8.30. The quantitative estimate of drug-likeness (QED) is 0.468. The molecule has 3 N–H and O–H groups in total. The minimum absolute atomic E-state index is 0.450. The van der Waals surface area contributed by atoms with Crippen LogP contribution >= 0.6 is 0 Å². The number of nitrogens with zero attached hydrogens (tertiary/aromatic N) is 4. The predicted octanol–water partition coefficient (Wildman–Crippen LogP) is 3.94. The van der Waals surface area contributed by atoms with E-state index < -0.39 is 0 Å². The number of rotatable bonds is 4. The third-order valence-electron chi connectivity index (χ3n) is 6.25. The summed E-state index contributed by atoms with van der Waals surface area (Å²) in [4.78, 5) is 19.7. The Bertz CT molecular complexity index is 1190. The molecule has 160 valence electrons. The lowest BCUT2D eigenvalue weighted by Gasteiger charge is -2.39. The van der Waals surface area contributed by atoms with Crippen LogP contribution in [-0.4, -0.2) is 46.1 Å². The highest BCUT2D eigenvalue weighted by Gasteiger charge is 2.43. The third-order valence-corrected chi connectivity index (χ3v) is 6.25. The van der Waals surface area contributed by atoms with Crippen LogP contribution in [0.4, 0.5) is 11.6 Å². The van der Waals surface area contributed by atoms with Gasteiger partial charge in [0.15, 0.2) is 5.65 Å². The van der Waals surface area contributed by atoms with E-state index in [2.05, 4.69) is 55.8 Å². The summed E-state index contributed by atoms with van der Waals surface area (Å²) in [6.07, 6.45) is 4.98. The van der Waals surface area contributed by atoms with Gasteiger partial charge < -0.3 is 20.5 Å². The molecule has 0 saturated carbocycles. The molecule has 0 atom stereocenters. The number of nitrogens with one attached hydrogen (secondary N) is 3. The molecule has 0 radical (unpaired) electrons. The minimum Gasteiger partial charge on any atom is -0.365 e. The van der Waals surface area contributed by atoms with Crippen LogP contribution in [0, 0.1) is 5.41 Å². The van der Waals surface area contributed by atoms with Gasteiger partial charge in [-0.2, -0.15) is 0 Å². The molecule has 2 saturated heterocycles. The first-order valence-corrected chi connectivity index (χ1v) is 11.2. The van der Waals surface area contributed by atoms with Crippen LogP contribution in [0.3, 0.4) is 0 Å². The molecule has 3 aromatic heterocycles. The van der Waals surface area contributed by atoms with Crippen molar-refractivity contribution < 1.29 is 0 Å². The molecule has 0 unspecified atom stereocenters. The van der Waals surface area contributed by atoms with Crippen molar-refractivity contribution in [2.24, 2.45) is 5.41 Å². The monoisotopic (exact) mass is 415 g/mol. The van der Waals surface area contributed by atoms with E-state index in [1.165, 1.54) is 17.4 Å². The summed E-state index contributed by atoms with van der Waals surface area (Å²) in [6.45, 7) is 9.08. The number of H-pyrrole nitrogens is 1. The Hall–Kier alpha value is -3.19. The molecule has 0 bridgehead atoms. The van der Waals surface area contributed by atoms with Crippen LogP contribution in [0.25, 0.3) is 22.1 Å². The lowest BCUT2D eigenvalue weighted by Crippen LogP contribution is -2.54. The van der Waals surface area contributed by atoms with Crippen LogP contribution in [-0.2, 0) is 6.54 Å². The first kappa shape index (κ1) is 19.8. The van der Waals surface area contributed by atoms with Crippen LogP contribution in [0.5, 0.6) is 0 Å². The fourth-order valence-electron chi connectivity index (χ4n) is 4.44. The Morgan fingerprint density at radius 1 is 1.10 bits per heavy atom. The predicted molar refractivity (Wildman–Crippen MR) is 126 cm³/mol. The Balaban J connectivity index is 0.000000994. The zero-order chi connectivity index (χ0) is 21.3. The number of fused-ring (bicyclic) bond motifs is 2. The molecule has 2 aliphatic heterocycles. The fraction of sp³-hybridized carbons (Fsp3) is 0.375. The maximum atomic E-state index is 4.82. The molecule has 31 heavy (non-hydrogen) atoms. The Labute approximate surface area is 182 Å². The summed E-state index contributed by atoms with van der Waals surface area (Å²) in [5.41, 5.74) is 4.31. The molecule has 2 aliphatic rings. The van der Waals surface area contributed by atoms with Crippen molar-refractivity contribution in [2.45, 2.75) is 26.8 Å². The lowest BCUT2D eigenvalue weighted by molar-refractivity contribution is 0.199. The Morgan fingerprint density at radius 2 is 2.00 bits per heavy atom. The molecule has 6 rings (SSSR count). The molecule has 5 heterocycles. The SMILES string of the molecule is CC.c1cc2ccc(CNc3cnc4ccc(N5CCC6(CNC6)C5)nc4n3)cc2[nH]1. The van der Waals surface area contributed by atoms with Gasteiger partial charge in [0.05, 0.1) is 6.20 Å². The summed E-state index contributed by atoms with van der Waals surface area (Å²) in [5, 5.41) is 8.01. The maximum Gasteiger partial charge on any atom is 0.182 e. The van der Waals surface area contributed by atoms with Crippen molar-refractivity contribution >= 4 is 33.7 Å². The number of benzene rings is 1. The van der Waals surface area contributed by atoms with E-state index in [1.54, 1.807) is 6.20 Å². The first-order chi connectivity index (χ1) is 15.3. The van der Waals surface area contributed by atoms with E-state index in [0.717, 1.165) is 48.8 Å². The number of anilines is 2. The van der Waals surface area contributed by atoms with E-state index in [-0.39, 0.29) is 0 Å². The van der Waals surface area contributed by atoms with Gasteiger partial charge in [-0.3, -0.25) is 0 Å². The number of pyridine rings is 1. The molecule has 7 heteroatoms. The molecule has 1 aromatic carbocycles. The van der Waals surface area contributed by atoms with Crippen molar-refractivity contribution in [1.82, 2.24) is 25.3 Å². The average Bonchev–Trinajstić information content (AvgIpc) is 3.45. The van der Waals surface area contributed by atoms with Gasteiger partial charge in [-0.1, -0.05) is 26.0 Å². The Morgan fingerprint density at radius 3 is 2.81 bits per heavy atom. The molecule has 0 amide bonds. The van der Waals surface area contributed by atoms with E-state index in [1.807, 2.05) is 26.1 Å². The van der Waals surface area contributed by atoms with E-state index in [9.17, 15) is 0 Å². The highest BCUT2D eigenvalue weighted by Crippen LogP contribution is 2.36. The van der Waals surface area contributed by atoms with Crippen LogP contribution in [0.2, 0.25) is 0 Å². The second-order valence-corrected chi connectivity index (χ2v) is 8.30. The molecular weight excluding hydrogens is 386 g/mol. The molecule has 1 spiro atoms. The summed E-state index contributed by atoms with van der Waals surface area (Å²) in [5.74, 6) is 1.75. The zero-order valence-electron chi connectivity index (χ0n) is 18.2. The standard InChI is InChI=1S/C22H23N7.C2H6/c1-2-16-5-7-24-18(16)9-15(1)10-26-19-11-25-17-3-4-20(28-21(17)27-19)29-8-6-22(14-29)12-23-13-22;1-2/h1-5,7,9,11,23-24H,6,8,10,12-14H2,(H,26,27,28);1-2H3. The average molecular weight is 416 g/mol. The van der Waals surface area contributed by atoms with Gasteiger partial charge in [0.1, 0.15) is 17.2 Å². The molecule has 2 fully saturated rings. The second kappa shape index (κ2) is 8.15. The van der Waals surface area contributed by atoms with Crippen LogP contribution in [0.1, 0.15) is 25.8 Å². The van der Waals surface area contributed by atoms with E-state index in [0.29, 0.717) is 17.6 Å². The number of hydrogen-bond donors (Lipinski definition) is 3. The lowest BCUT2D eigenvalue weighted by atomic mass is 9.81. The van der Waals surface area contributed by atoms with Crippen molar-refractivity contribution in [3.05, 3.63) is 54.4 Å². The maximum absolute atomic E-state index is 4.82. The molecular formula is C24H29N7. The van der Waals surface area contributed by atoms with Crippen molar-refractivity contribution in [1.29, 1.82) is 0 Å². The third kappa shape index (κ3) is 3.81. The number of hydrogen-bond acceptors (Lipinski definition) is 6. The van der Waals surface area contributed by atoms with Gasteiger partial charge in [-0.25, -0.2) is 15.0 Å². The van der Waals surface area contributed by atoms with E-state index in [4.69, 9.17) is 9.97 Å². The van der Waals surface area contributed by atoms with Gasteiger partial charge in [0, 0.05) is 49.9 Å². The van der Waals surface area contributed by atoms with Crippen molar-refractivity contribution in [3.8, 4) is 0 Å². The highest BCUT2D eigenvalue weighted by molar-refractivity contribution is 5.80. The van der Waals surface area contributed by atoms with E-state index >= 15 is 0 Å². The van der Waals surface area contributed by atoms with Gasteiger partial charge in [-0.15, -0.1) is 0 Å². The summed E-state index contributed by atoms with van der Waals surface area (Å²) < 4.78 is 0. The normalized spacial score (nSPS) is 16.9. The van der Waals surface area contributed by atoms with Gasteiger partial charge in [0.2, 0.25) is 0 Å². The van der Waals surface area contributed by atoms with Crippen molar-refractivity contribution in [2.75, 3.05) is 36.4 Å². The van der Waals surface area contributed by atoms with Gasteiger partial charge >= 0.3 is 0 Å². The first-order valence-electron chi connectivity index (χ1n) is 11.2.